The highest BCUT2D eigenvalue weighted by molar-refractivity contribution is 14.0. The smallest absolute Gasteiger partial charge is 0.222 e. The molecule has 1 atom stereocenters. The van der Waals surface area contributed by atoms with Crippen LogP contribution in [0.2, 0.25) is 0 Å². The van der Waals surface area contributed by atoms with Crippen LogP contribution in [0, 0.1) is 5.92 Å². The predicted molar refractivity (Wildman–Crippen MR) is 137 cm³/mol. The van der Waals surface area contributed by atoms with Gasteiger partial charge in [-0.1, -0.05) is 19.1 Å². The van der Waals surface area contributed by atoms with Crippen LogP contribution in [0.25, 0.3) is 0 Å². The van der Waals surface area contributed by atoms with Gasteiger partial charge in [0.05, 0.1) is 6.54 Å². The Bertz CT molecular complexity index is 704. The van der Waals surface area contributed by atoms with E-state index in [2.05, 4.69) is 46.7 Å². The second-order valence-electron chi connectivity index (χ2n) is 8.30. The Balaban J connectivity index is 0.00000341. The molecule has 0 bridgehead atoms. The summed E-state index contributed by atoms with van der Waals surface area (Å²) >= 11 is 0. The van der Waals surface area contributed by atoms with Crippen LogP contribution in [-0.4, -0.2) is 67.2 Å². The minimum atomic E-state index is 0. The molecule has 1 amide bonds. The van der Waals surface area contributed by atoms with E-state index in [1.54, 1.807) is 0 Å². The van der Waals surface area contributed by atoms with E-state index in [0.29, 0.717) is 25.5 Å². The number of likely N-dealkylation sites (tertiary alicyclic amines) is 1. The first kappa shape index (κ1) is 25.7. The van der Waals surface area contributed by atoms with Gasteiger partial charge in [0.15, 0.2) is 5.96 Å². The number of anilines is 1. The van der Waals surface area contributed by atoms with Gasteiger partial charge in [0.25, 0.3) is 0 Å². The van der Waals surface area contributed by atoms with Crippen LogP contribution in [0.4, 0.5) is 5.69 Å². The number of rotatable bonds is 7. The minimum absolute atomic E-state index is 0. The molecule has 174 valence electrons. The monoisotopic (exact) mass is 543 g/mol. The molecule has 0 saturated carbocycles. The van der Waals surface area contributed by atoms with Crippen molar-refractivity contribution in [1.29, 1.82) is 0 Å². The van der Waals surface area contributed by atoms with Gasteiger partial charge < -0.3 is 25.5 Å². The van der Waals surface area contributed by atoms with Gasteiger partial charge in [0, 0.05) is 57.5 Å². The fourth-order valence-electron chi connectivity index (χ4n) is 4.20. The molecule has 3 rings (SSSR count). The normalized spacial score (nSPS) is 19.8. The van der Waals surface area contributed by atoms with E-state index in [4.69, 9.17) is 4.99 Å². The lowest BCUT2D eigenvalue weighted by molar-refractivity contribution is -0.129. The Hall–Kier alpha value is -1.55. The molecule has 0 aromatic heterocycles. The number of carbonyl (C=O) groups is 1. The molecule has 2 aliphatic heterocycles. The third-order valence-electron chi connectivity index (χ3n) is 6.12. The summed E-state index contributed by atoms with van der Waals surface area (Å²) in [7, 11) is 0. The van der Waals surface area contributed by atoms with E-state index >= 15 is 0 Å². The predicted octanol–water partition coefficient (Wildman–Crippen LogP) is 2.58. The third-order valence-corrected chi connectivity index (χ3v) is 6.12. The number of hydrogen-bond acceptors (Lipinski definition) is 4. The van der Waals surface area contributed by atoms with E-state index in [9.17, 15) is 9.90 Å². The summed E-state index contributed by atoms with van der Waals surface area (Å²) < 4.78 is 0. The number of hydrogen-bond donors (Lipinski definition) is 3. The fraction of sp³-hybridized carbons (Fsp3) is 0.652. The van der Waals surface area contributed by atoms with E-state index < -0.39 is 0 Å². The quantitative estimate of drug-likeness (QED) is 0.280. The number of aliphatic imine (C=N–C) groups is 1. The van der Waals surface area contributed by atoms with Crippen molar-refractivity contribution in [2.24, 2.45) is 10.9 Å². The Morgan fingerprint density at radius 1 is 1.13 bits per heavy atom. The van der Waals surface area contributed by atoms with Crippen molar-refractivity contribution in [2.75, 3.05) is 44.2 Å². The molecule has 31 heavy (non-hydrogen) atoms. The number of nitrogens with zero attached hydrogens (tertiary/aromatic N) is 3. The standard InChI is InChI=1S/C23H37N5O2.HI/c1-3-22(30)28-14-11-20(16-28)26-23(24-4-2)25-15-18-5-7-21(8-6-18)27-12-9-19(17-29)10-13-27;/h5-8,19-20,29H,3-4,9-17H2,1-2H3,(H2,24,25,26);1H. The van der Waals surface area contributed by atoms with Gasteiger partial charge in [-0.3, -0.25) is 4.79 Å². The first-order valence-electron chi connectivity index (χ1n) is 11.4. The van der Waals surface area contributed by atoms with Crippen LogP contribution in [0.3, 0.4) is 0 Å². The summed E-state index contributed by atoms with van der Waals surface area (Å²) in [5.41, 5.74) is 2.42. The zero-order valence-corrected chi connectivity index (χ0v) is 21.2. The van der Waals surface area contributed by atoms with Crippen molar-refractivity contribution in [3.8, 4) is 0 Å². The van der Waals surface area contributed by atoms with Crippen molar-refractivity contribution in [1.82, 2.24) is 15.5 Å². The molecule has 2 saturated heterocycles. The first-order valence-corrected chi connectivity index (χ1v) is 11.4. The molecular weight excluding hydrogens is 505 g/mol. The van der Waals surface area contributed by atoms with Crippen molar-refractivity contribution in [3.05, 3.63) is 29.8 Å². The van der Waals surface area contributed by atoms with Gasteiger partial charge in [0.1, 0.15) is 0 Å². The summed E-state index contributed by atoms with van der Waals surface area (Å²) in [6.07, 6.45) is 3.64. The Morgan fingerprint density at radius 3 is 2.45 bits per heavy atom. The second kappa shape index (κ2) is 13.1. The first-order chi connectivity index (χ1) is 14.6. The van der Waals surface area contributed by atoms with Crippen molar-refractivity contribution < 1.29 is 9.90 Å². The topological polar surface area (TPSA) is 80.2 Å². The van der Waals surface area contributed by atoms with Gasteiger partial charge >= 0.3 is 0 Å². The van der Waals surface area contributed by atoms with Crippen molar-refractivity contribution in [2.45, 2.75) is 52.1 Å². The Morgan fingerprint density at radius 2 is 1.84 bits per heavy atom. The fourth-order valence-corrected chi connectivity index (χ4v) is 4.20. The van der Waals surface area contributed by atoms with Gasteiger partial charge in [-0.15, -0.1) is 24.0 Å². The lowest BCUT2D eigenvalue weighted by Crippen LogP contribution is -2.45. The summed E-state index contributed by atoms with van der Waals surface area (Å²) in [5, 5.41) is 16.1. The SMILES string of the molecule is CCNC(=NCc1ccc(N2CCC(CO)CC2)cc1)NC1CCN(C(=O)CC)C1.I. The number of benzene rings is 1. The number of aliphatic hydroxyl groups is 1. The number of guanidine groups is 1. The molecule has 1 aromatic rings. The number of amides is 1. The molecule has 0 aliphatic carbocycles. The van der Waals surface area contributed by atoms with Gasteiger partial charge in [-0.25, -0.2) is 4.99 Å². The van der Waals surface area contributed by atoms with Crippen LogP contribution < -0.4 is 15.5 Å². The van der Waals surface area contributed by atoms with Gasteiger partial charge in [-0.2, -0.15) is 0 Å². The summed E-state index contributed by atoms with van der Waals surface area (Å²) in [6.45, 7) is 9.29. The molecule has 7 nitrogen and oxygen atoms in total. The summed E-state index contributed by atoms with van der Waals surface area (Å²) in [5.74, 6) is 1.49. The van der Waals surface area contributed by atoms with E-state index in [1.165, 1.54) is 11.3 Å². The third kappa shape index (κ3) is 7.52. The number of halogens is 1. The van der Waals surface area contributed by atoms with Crippen LogP contribution >= 0.6 is 24.0 Å². The number of nitrogens with one attached hydrogen (secondary N) is 2. The summed E-state index contributed by atoms with van der Waals surface area (Å²) in [6, 6.07) is 8.91. The van der Waals surface area contributed by atoms with E-state index in [0.717, 1.165) is 57.9 Å². The molecule has 2 fully saturated rings. The zero-order valence-electron chi connectivity index (χ0n) is 18.8. The molecule has 0 radical (unpaired) electrons. The summed E-state index contributed by atoms with van der Waals surface area (Å²) in [4.78, 5) is 21.0. The molecule has 3 N–H and O–H groups in total. The molecule has 1 aromatic carbocycles. The largest absolute Gasteiger partial charge is 0.396 e. The molecular formula is C23H38IN5O2. The molecule has 2 heterocycles. The zero-order chi connectivity index (χ0) is 21.3. The van der Waals surface area contributed by atoms with Crippen LogP contribution in [-0.2, 0) is 11.3 Å². The maximum Gasteiger partial charge on any atom is 0.222 e. The molecule has 1 unspecified atom stereocenters. The molecule has 0 spiro atoms. The maximum absolute atomic E-state index is 11.9. The van der Waals surface area contributed by atoms with Crippen molar-refractivity contribution in [3.63, 3.8) is 0 Å². The Labute approximate surface area is 203 Å². The highest BCUT2D eigenvalue weighted by Gasteiger charge is 2.25. The number of carbonyl (C=O) groups excluding carboxylic acids is 1. The lowest BCUT2D eigenvalue weighted by atomic mass is 9.97. The average molecular weight is 543 g/mol. The lowest BCUT2D eigenvalue weighted by Gasteiger charge is -2.32. The number of aliphatic hydroxyl groups excluding tert-OH is 1. The van der Waals surface area contributed by atoms with Gasteiger partial charge in [0.2, 0.25) is 5.91 Å². The van der Waals surface area contributed by atoms with Crippen LogP contribution in [0.15, 0.2) is 29.3 Å². The maximum atomic E-state index is 11.9. The minimum Gasteiger partial charge on any atom is -0.396 e. The number of piperidine rings is 1. The van der Waals surface area contributed by atoms with E-state index in [-0.39, 0.29) is 35.9 Å². The Kier molecular flexibility index (Phi) is 10.9. The average Bonchev–Trinajstić information content (AvgIpc) is 3.26. The van der Waals surface area contributed by atoms with E-state index in [1.807, 2.05) is 11.8 Å². The molecule has 2 aliphatic rings. The second-order valence-corrected chi connectivity index (χ2v) is 8.30. The van der Waals surface area contributed by atoms with Gasteiger partial charge in [-0.05, 0) is 49.8 Å². The highest BCUT2D eigenvalue weighted by Crippen LogP contribution is 2.23. The molecule has 8 heteroatoms. The van der Waals surface area contributed by atoms with Crippen LogP contribution in [0.1, 0.15) is 45.1 Å². The highest BCUT2D eigenvalue weighted by atomic mass is 127. The van der Waals surface area contributed by atoms with Crippen molar-refractivity contribution >= 4 is 41.5 Å². The van der Waals surface area contributed by atoms with Crippen LogP contribution in [0.5, 0.6) is 0 Å².